The number of halogens is 2. The summed E-state index contributed by atoms with van der Waals surface area (Å²) < 4.78 is 13.5. The number of alkyl halides is 1. The first-order valence-corrected chi connectivity index (χ1v) is 5.29. The predicted octanol–water partition coefficient (Wildman–Crippen LogP) is 2.49. The summed E-state index contributed by atoms with van der Waals surface area (Å²) in [7, 11) is 0. The fourth-order valence-electron chi connectivity index (χ4n) is 1.19. The smallest absolute Gasteiger partial charge is 0.254 e. The van der Waals surface area contributed by atoms with E-state index >= 15 is 0 Å². The molecule has 1 rings (SSSR count). The van der Waals surface area contributed by atoms with Crippen LogP contribution >= 0.6 is 11.6 Å². The van der Waals surface area contributed by atoms with Gasteiger partial charge in [0.05, 0.1) is 5.56 Å². The van der Waals surface area contributed by atoms with Crippen molar-refractivity contribution >= 4 is 17.5 Å². The summed E-state index contributed by atoms with van der Waals surface area (Å²) in [6.07, 6.45) is 0.681. The Hall–Kier alpha value is -1.09. The van der Waals surface area contributed by atoms with Crippen LogP contribution in [0, 0.1) is 12.7 Å². The molecule has 82 valence electrons. The highest BCUT2D eigenvalue weighted by Gasteiger charge is 2.11. The molecule has 0 spiro atoms. The highest BCUT2D eigenvalue weighted by atomic mass is 35.5. The molecule has 1 amide bonds. The Morgan fingerprint density at radius 1 is 1.53 bits per heavy atom. The second-order valence-electron chi connectivity index (χ2n) is 3.23. The van der Waals surface area contributed by atoms with Crippen molar-refractivity contribution in [2.75, 3.05) is 12.4 Å². The zero-order valence-electron chi connectivity index (χ0n) is 8.52. The molecular formula is C11H13ClFNO. The minimum atomic E-state index is -0.458. The molecule has 0 bridgehead atoms. The first-order chi connectivity index (χ1) is 7.16. The summed E-state index contributed by atoms with van der Waals surface area (Å²) in [4.78, 5) is 11.5. The molecule has 0 radical (unpaired) electrons. The molecule has 0 aliphatic rings. The number of benzene rings is 1. The van der Waals surface area contributed by atoms with Gasteiger partial charge in [-0.05, 0) is 25.0 Å². The average molecular weight is 230 g/mol. The van der Waals surface area contributed by atoms with Gasteiger partial charge in [0.1, 0.15) is 5.82 Å². The minimum absolute atomic E-state index is 0.0876. The zero-order valence-corrected chi connectivity index (χ0v) is 9.27. The molecule has 0 saturated carbocycles. The van der Waals surface area contributed by atoms with E-state index in [4.69, 9.17) is 11.6 Å². The summed E-state index contributed by atoms with van der Waals surface area (Å²) in [5.41, 5.74) is 0.560. The van der Waals surface area contributed by atoms with Crippen LogP contribution in [0.1, 0.15) is 22.3 Å². The van der Waals surface area contributed by atoms with Gasteiger partial charge in [0, 0.05) is 12.4 Å². The Morgan fingerprint density at radius 2 is 2.27 bits per heavy atom. The third-order valence-corrected chi connectivity index (χ3v) is 2.30. The lowest BCUT2D eigenvalue weighted by Crippen LogP contribution is -2.25. The van der Waals surface area contributed by atoms with Crippen LogP contribution in [0.15, 0.2) is 18.2 Å². The molecule has 4 heteroatoms. The van der Waals surface area contributed by atoms with E-state index < -0.39 is 5.82 Å². The van der Waals surface area contributed by atoms with Gasteiger partial charge in [0.25, 0.3) is 5.91 Å². The summed E-state index contributed by atoms with van der Waals surface area (Å²) in [6.45, 7) is 2.10. The average Bonchev–Trinajstić information content (AvgIpc) is 2.22. The summed E-state index contributed by atoms with van der Waals surface area (Å²) in [5, 5.41) is 2.60. The Kier molecular flexibility index (Phi) is 4.56. The van der Waals surface area contributed by atoms with E-state index in [1.165, 1.54) is 6.07 Å². The first-order valence-electron chi connectivity index (χ1n) is 4.76. The van der Waals surface area contributed by atoms with Crippen LogP contribution in [0.4, 0.5) is 4.39 Å². The predicted molar refractivity (Wildman–Crippen MR) is 58.8 cm³/mol. The van der Waals surface area contributed by atoms with Gasteiger partial charge < -0.3 is 5.32 Å². The Morgan fingerprint density at radius 3 is 2.93 bits per heavy atom. The van der Waals surface area contributed by atoms with E-state index in [1.54, 1.807) is 19.1 Å². The maximum Gasteiger partial charge on any atom is 0.254 e. The monoisotopic (exact) mass is 229 g/mol. The molecule has 1 aromatic carbocycles. The molecule has 0 atom stereocenters. The Labute approximate surface area is 93.4 Å². The largest absolute Gasteiger partial charge is 0.352 e. The van der Waals surface area contributed by atoms with Crippen LogP contribution in [0.5, 0.6) is 0 Å². The lowest BCUT2D eigenvalue weighted by molar-refractivity contribution is 0.0949. The summed E-state index contributed by atoms with van der Waals surface area (Å²) in [6, 6.07) is 4.76. The Balaban J connectivity index is 2.69. The fraction of sp³-hybridized carbons (Fsp3) is 0.364. The van der Waals surface area contributed by atoms with Crippen molar-refractivity contribution in [1.82, 2.24) is 5.32 Å². The number of amides is 1. The van der Waals surface area contributed by atoms with Crippen LogP contribution in [0.25, 0.3) is 0 Å². The van der Waals surface area contributed by atoms with Crippen molar-refractivity contribution < 1.29 is 9.18 Å². The Bertz CT molecular complexity index is 354. The topological polar surface area (TPSA) is 29.1 Å². The zero-order chi connectivity index (χ0) is 11.3. The summed E-state index contributed by atoms with van der Waals surface area (Å²) >= 11 is 5.46. The van der Waals surface area contributed by atoms with Crippen molar-refractivity contribution in [1.29, 1.82) is 0 Å². The lowest BCUT2D eigenvalue weighted by Gasteiger charge is -2.06. The van der Waals surface area contributed by atoms with Crippen molar-refractivity contribution in [3.63, 3.8) is 0 Å². The SMILES string of the molecule is Cc1cccc(C(=O)NCCCCl)c1F. The minimum Gasteiger partial charge on any atom is -0.352 e. The molecule has 1 aromatic rings. The van der Waals surface area contributed by atoms with Gasteiger partial charge >= 0.3 is 0 Å². The normalized spacial score (nSPS) is 10.1. The second kappa shape index (κ2) is 5.71. The number of aryl methyl sites for hydroxylation is 1. The summed E-state index contributed by atoms with van der Waals surface area (Å²) in [5.74, 6) is -0.362. The molecular weight excluding hydrogens is 217 g/mol. The van der Waals surface area contributed by atoms with Gasteiger partial charge in [0.15, 0.2) is 0 Å². The number of nitrogens with one attached hydrogen (secondary N) is 1. The molecule has 15 heavy (non-hydrogen) atoms. The highest BCUT2D eigenvalue weighted by Crippen LogP contribution is 2.11. The van der Waals surface area contributed by atoms with E-state index in [9.17, 15) is 9.18 Å². The van der Waals surface area contributed by atoms with Crippen LogP contribution in [0.2, 0.25) is 0 Å². The standard InChI is InChI=1S/C11H13ClFNO/c1-8-4-2-5-9(10(8)13)11(15)14-7-3-6-12/h2,4-5H,3,6-7H2,1H3,(H,14,15). The van der Waals surface area contributed by atoms with Crippen molar-refractivity contribution in [2.24, 2.45) is 0 Å². The molecule has 0 heterocycles. The highest BCUT2D eigenvalue weighted by molar-refractivity contribution is 6.17. The quantitative estimate of drug-likeness (QED) is 0.624. The van der Waals surface area contributed by atoms with Crippen molar-refractivity contribution in [3.05, 3.63) is 35.1 Å². The van der Waals surface area contributed by atoms with Crippen molar-refractivity contribution in [3.8, 4) is 0 Å². The van der Waals surface area contributed by atoms with Gasteiger partial charge in [-0.3, -0.25) is 4.79 Å². The number of carbonyl (C=O) groups is 1. The second-order valence-corrected chi connectivity index (χ2v) is 3.61. The van der Waals surface area contributed by atoms with Gasteiger partial charge in [0.2, 0.25) is 0 Å². The number of rotatable bonds is 4. The molecule has 0 aliphatic carbocycles. The number of hydrogen-bond acceptors (Lipinski definition) is 1. The van der Waals surface area contributed by atoms with E-state index in [2.05, 4.69) is 5.32 Å². The maximum absolute atomic E-state index is 13.5. The molecule has 0 saturated heterocycles. The van der Waals surface area contributed by atoms with Crippen LogP contribution < -0.4 is 5.32 Å². The van der Waals surface area contributed by atoms with E-state index in [0.29, 0.717) is 24.4 Å². The van der Waals surface area contributed by atoms with Crippen molar-refractivity contribution in [2.45, 2.75) is 13.3 Å². The molecule has 0 unspecified atom stereocenters. The number of hydrogen-bond donors (Lipinski definition) is 1. The van der Waals surface area contributed by atoms with Crippen LogP contribution in [-0.4, -0.2) is 18.3 Å². The molecule has 1 N–H and O–H groups in total. The molecule has 0 aromatic heterocycles. The van der Waals surface area contributed by atoms with E-state index in [1.807, 2.05) is 0 Å². The third-order valence-electron chi connectivity index (χ3n) is 2.03. The molecule has 0 aliphatic heterocycles. The van der Waals surface area contributed by atoms with Gasteiger partial charge in [-0.15, -0.1) is 11.6 Å². The molecule has 2 nitrogen and oxygen atoms in total. The lowest BCUT2D eigenvalue weighted by atomic mass is 10.1. The van der Waals surface area contributed by atoms with E-state index in [0.717, 1.165) is 0 Å². The van der Waals surface area contributed by atoms with Gasteiger partial charge in [-0.1, -0.05) is 12.1 Å². The third kappa shape index (κ3) is 3.20. The van der Waals surface area contributed by atoms with Gasteiger partial charge in [-0.2, -0.15) is 0 Å². The van der Waals surface area contributed by atoms with E-state index in [-0.39, 0.29) is 11.5 Å². The molecule has 0 fully saturated rings. The van der Waals surface area contributed by atoms with Gasteiger partial charge in [-0.25, -0.2) is 4.39 Å². The maximum atomic E-state index is 13.5. The number of carbonyl (C=O) groups excluding carboxylic acids is 1. The van der Waals surface area contributed by atoms with Crippen LogP contribution in [-0.2, 0) is 0 Å². The first kappa shape index (κ1) is 12.0. The fourth-order valence-corrected chi connectivity index (χ4v) is 1.32. The van der Waals surface area contributed by atoms with Crippen LogP contribution in [0.3, 0.4) is 0 Å².